The smallest absolute Gasteiger partial charge is 0.146 e. The minimum Gasteiger partial charge on any atom is -0.467 e. The minimum atomic E-state index is 0.558. The van der Waals surface area contributed by atoms with E-state index in [0.717, 1.165) is 48.8 Å². The van der Waals surface area contributed by atoms with Crippen LogP contribution in [0.25, 0.3) is 0 Å². The van der Waals surface area contributed by atoms with Gasteiger partial charge in [0.2, 0.25) is 0 Å². The van der Waals surface area contributed by atoms with E-state index in [0.29, 0.717) is 31.1 Å². The molecule has 2 N–H and O–H groups in total. The molecule has 2 aromatic heterocycles. The van der Waals surface area contributed by atoms with Crippen LogP contribution in [0.3, 0.4) is 0 Å². The SMILES string of the molecule is CCN1CCc2c(C#N)c(NCCOC)nc(NCc3ccco3)c2C1. The molecule has 3 heterocycles. The average Bonchev–Trinajstić information content (AvgIpc) is 3.19. The van der Waals surface area contributed by atoms with Gasteiger partial charge in [-0.1, -0.05) is 6.92 Å². The summed E-state index contributed by atoms with van der Waals surface area (Å²) in [6.45, 7) is 6.61. The first-order valence-corrected chi connectivity index (χ1v) is 8.94. The first kappa shape index (κ1) is 18.2. The lowest BCUT2D eigenvalue weighted by molar-refractivity contribution is 0.210. The molecule has 0 spiro atoms. The molecule has 0 saturated heterocycles. The molecule has 0 aromatic carbocycles. The van der Waals surface area contributed by atoms with Crippen molar-refractivity contribution in [2.45, 2.75) is 26.4 Å². The Labute approximate surface area is 154 Å². The summed E-state index contributed by atoms with van der Waals surface area (Å²) >= 11 is 0. The number of fused-ring (bicyclic) bond motifs is 1. The molecule has 3 rings (SSSR count). The van der Waals surface area contributed by atoms with Gasteiger partial charge in [-0.2, -0.15) is 5.26 Å². The molecule has 138 valence electrons. The van der Waals surface area contributed by atoms with E-state index in [2.05, 4.69) is 28.5 Å². The second kappa shape index (κ2) is 8.70. The Kier molecular flexibility index (Phi) is 6.10. The van der Waals surface area contributed by atoms with Gasteiger partial charge in [-0.25, -0.2) is 4.98 Å². The highest BCUT2D eigenvalue weighted by molar-refractivity contribution is 5.66. The van der Waals surface area contributed by atoms with Crippen molar-refractivity contribution in [1.82, 2.24) is 9.88 Å². The summed E-state index contributed by atoms with van der Waals surface area (Å²) in [4.78, 5) is 7.09. The van der Waals surface area contributed by atoms with Crippen LogP contribution in [-0.2, 0) is 24.2 Å². The van der Waals surface area contributed by atoms with E-state index in [1.54, 1.807) is 13.4 Å². The van der Waals surface area contributed by atoms with Crippen molar-refractivity contribution < 1.29 is 9.15 Å². The lowest BCUT2D eigenvalue weighted by Crippen LogP contribution is -2.32. The van der Waals surface area contributed by atoms with Gasteiger partial charge in [0.15, 0.2) is 0 Å². The van der Waals surface area contributed by atoms with Gasteiger partial charge >= 0.3 is 0 Å². The van der Waals surface area contributed by atoms with Gasteiger partial charge < -0.3 is 19.8 Å². The topological polar surface area (TPSA) is 86.4 Å². The van der Waals surface area contributed by atoms with Crippen molar-refractivity contribution >= 4 is 11.6 Å². The van der Waals surface area contributed by atoms with Crippen molar-refractivity contribution in [3.05, 3.63) is 40.8 Å². The molecular formula is C19H25N5O2. The lowest BCUT2D eigenvalue weighted by atomic mass is 9.95. The molecule has 2 aromatic rings. The quantitative estimate of drug-likeness (QED) is 0.704. The highest BCUT2D eigenvalue weighted by atomic mass is 16.5. The number of nitrogens with one attached hydrogen (secondary N) is 2. The molecule has 0 unspecified atom stereocenters. The number of ether oxygens (including phenoxy) is 1. The second-order valence-electron chi connectivity index (χ2n) is 6.22. The number of aromatic nitrogens is 1. The Morgan fingerprint density at radius 1 is 1.35 bits per heavy atom. The van der Waals surface area contributed by atoms with Gasteiger partial charge in [0, 0.05) is 32.3 Å². The number of hydrogen-bond acceptors (Lipinski definition) is 7. The number of anilines is 2. The third-order valence-corrected chi connectivity index (χ3v) is 4.64. The predicted molar refractivity (Wildman–Crippen MR) is 100 cm³/mol. The minimum absolute atomic E-state index is 0.558. The predicted octanol–water partition coefficient (Wildman–Crippen LogP) is 2.59. The summed E-state index contributed by atoms with van der Waals surface area (Å²) in [5.74, 6) is 2.28. The summed E-state index contributed by atoms with van der Waals surface area (Å²) in [7, 11) is 1.66. The highest BCUT2D eigenvalue weighted by Gasteiger charge is 2.25. The summed E-state index contributed by atoms with van der Waals surface area (Å²) in [5.41, 5.74) is 2.85. The van der Waals surface area contributed by atoms with E-state index < -0.39 is 0 Å². The van der Waals surface area contributed by atoms with E-state index in [1.165, 1.54) is 0 Å². The Bertz CT molecular complexity index is 767. The number of methoxy groups -OCH3 is 1. The van der Waals surface area contributed by atoms with E-state index in [1.807, 2.05) is 12.1 Å². The Morgan fingerprint density at radius 2 is 2.23 bits per heavy atom. The molecule has 26 heavy (non-hydrogen) atoms. The highest BCUT2D eigenvalue weighted by Crippen LogP contribution is 2.32. The fourth-order valence-electron chi connectivity index (χ4n) is 3.21. The fraction of sp³-hybridized carbons (Fsp3) is 0.474. The number of nitriles is 1. The number of furan rings is 1. The van der Waals surface area contributed by atoms with Crippen LogP contribution in [0.5, 0.6) is 0 Å². The van der Waals surface area contributed by atoms with Gasteiger partial charge in [0.05, 0.1) is 25.0 Å². The van der Waals surface area contributed by atoms with Crippen LogP contribution in [-0.4, -0.2) is 43.2 Å². The Hall–Kier alpha value is -2.56. The van der Waals surface area contributed by atoms with E-state index in [4.69, 9.17) is 14.1 Å². The molecule has 0 bridgehead atoms. The van der Waals surface area contributed by atoms with Gasteiger partial charge in [-0.05, 0) is 30.7 Å². The van der Waals surface area contributed by atoms with Crippen molar-refractivity contribution in [2.24, 2.45) is 0 Å². The zero-order valence-electron chi connectivity index (χ0n) is 15.3. The molecule has 7 nitrogen and oxygen atoms in total. The normalized spacial score (nSPS) is 13.9. The van der Waals surface area contributed by atoms with Crippen LogP contribution in [0.2, 0.25) is 0 Å². The zero-order chi connectivity index (χ0) is 18.4. The number of likely N-dealkylation sites (N-methyl/N-ethyl adjacent to an activating group) is 1. The van der Waals surface area contributed by atoms with Crippen molar-refractivity contribution in [3.8, 4) is 6.07 Å². The van der Waals surface area contributed by atoms with E-state index >= 15 is 0 Å². The number of pyridine rings is 1. The molecule has 1 aliphatic heterocycles. The van der Waals surface area contributed by atoms with Crippen LogP contribution < -0.4 is 10.6 Å². The van der Waals surface area contributed by atoms with Crippen molar-refractivity contribution in [3.63, 3.8) is 0 Å². The van der Waals surface area contributed by atoms with Gasteiger partial charge in [0.1, 0.15) is 23.5 Å². The number of rotatable bonds is 8. The molecule has 0 atom stereocenters. The third-order valence-electron chi connectivity index (χ3n) is 4.64. The zero-order valence-corrected chi connectivity index (χ0v) is 15.3. The summed E-state index contributed by atoms with van der Waals surface area (Å²) in [5, 5.41) is 16.3. The van der Waals surface area contributed by atoms with Crippen molar-refractivity contribution in [1.29, 1.82) is 5.26 Å². The van der Waals surface area contributed by atoms with Crippen LogP contribution >= 0.6 is 0 Å². The van der Waals surface area contributed by atoms with Crippen LogP contribution in [0, 0.1) is 11.3 Å². The third kappa shape index (κ3) is 3.98. The Balaban J connectivity index is 1.93. The first-order chi connectivity index (χ1) is 12.8. The van der Waals surface area contributed by atoms with Crippen molar-refractivity contribution in [2.75, 3.05) is 44.0 Å². The van der Waals surface area contributed by atoms with E-state index in [-0.39, 0.29) is 0 Å². The van der Waals surface area contributed by atoms with Gasteiger partial charge in [-0.3, -0.25) is 4.90 Å². The average molecular weight is 355 g/mol. The molecule has 1 aliphatic rings. The van der Waals surface area contributed by atoms with Crippen LogP contribution in [0.4, 0.5) is 11.6 Å². The van der Waals surface area contributed by atoms with Gasteiger partial charge in [-0.15, -0.1) is 0 Å². The monoisotopic (exact) mass is 355 g/mol. The molecule has 0 aliphatic carbocycles. The second-order valence-corrected chi connectivity index (χ2v) is 6.22. The molecule has 0 fully saturated rings. The molecule has 0 radical (unpaired) electrons. The molecular weight excluding hydrogens is 330 g/mol. The summed E-state index contributed by atoms with van der Waals surface area (Å²) in [6.07, 6.45) is 2.51. The lowest BCUT2D eigenvalue weighted by Gasteiger charge is -2.30. The van der Waals surface area contributed by atoms with Gasteiger partial charge in [0.25, 0.3) is 0 Å². The standard InChI is InChI=1S/C19H25N5O2/c1-3-24-8-6-15-16(11-20)18(21-7-10-25-2)23-19(17(15)13-24)22-12-14-5-4-9-26-14/h4-5,9H,3,6-8,10,12-13H2,1-2H3,(H2,21,22,23). The fourth-order valence-corrected chi connectivity index (χ4v) is 3.21. The largest absolute Gasteiger partial charge is 0.467 e. The number of hydrogen-bond donors (Lipinski definition) is 2. The maximum atomic E-state index is 9.71. The molecule has 7 heteroatoms. The maximum Gasteiger partial charge on any atom is 0.146 e. The maximum absolute atomic E-state index is 9.71. The Morgan fingerprint density at radius 3 is 2.92 bits per heavy atom. The summed E-state index contributed by atoms with van der Waals surface area (Å²) < 4.78 is 10.5. The molecule has 0 saturated carbocycles. The van der Waals surface area contributed by atoms with Crippen LogP contribution in [0.15, 0.2) is 22.8 Å². The van der Waals surface area contributed by atoms with E-state index in [9.17, 15) is 5.26 Å². The number of nitrogens with zero attached hydrogens (tertiary/aromatic N) is 3. The van der Waals surface area contributed by atoms with Crippen LogP contribution in [0.1, 0.15) is 29.4 Å². The first-order valence-electron chi connectivity index (χ1n) is 8.94. The summed E-state index contributed by atoms with van der Waals surface area (Å²) in [6, 6.07) is 6.15. The molecule has 0 amide bonds.